The van der Waals surface area contributed by atoms with Gasteiger partial charge in [-0.2, -0.15) is 0 Å². The fourth-order valence-electron chi connectivity index (χ4n) is 4.67. The number of aromatic amines is 1. The minimum Gasteiger partial charge on any atom is -0.367 e. The monoisotopic (exact) mass is 473 g/mol. The molecule has 5 rings (SSSR count). The number of rotatable bonds is 5. The van der Waals surface area contributed by atoms with Crippen LogP contribution in [0.25, 0.3) is 22.4 Å². The third-order valence-corrected chi connectivity index (χ3v) is 8.12. The average molecular weight is 474 g/mol. The van der Waals surface area contributed by atoms with Crippen molar-refractivity contribution >= 4 is 28.1 Å². The van der Waals surface area contributed by atoms with Crippen LogP contribution in [0.1, 0.15) is 48.8 Å². The molecule has 4 aromatic rings. The summed E-state index contributed by atoms with van der Waals surface area (Å²) in [5, 5.41) is 1.25. The Labute approximate surface area is 206 Å². The highest BCUT2D eigenvalue weighted by atomic mass is 32.1. The van der Waals surface area contributed by atoms with Crippen LogP contribution in [0, 0.1) is 6.92 Å². The molecule has 2 aromatic heterocycles. The molecule has 0 aliphatic carbocycles. The zero-order valence-electron chi connectivity index (χ0n) is 21.0. The maximum atomic E-state index is 5.04. The van der Waals surface area contributed by atoms with Crippen LogP contribution in [-0.2, 0) is 18.4 Å². The van der Waals surface area contributed by atoms with Crippen molar-refractivity contribution in [1.82, 2.24) is 19.9 Å². The van der Waals surface area contributed by atoms with Crippen LogP contribution in [0.5, 0.6) is 0 Å². The van der Waals surface area contributed by atoms with Gasteiger partial charge < -0.3 is 9.88 Å². The molecule has 2 aromatic carbocycles. The first-order valence-corrected chi connectivity index (χ1v) is 13.2. The minimum atomic E-state index is 0.152. The van der Waals surface area contributed by atoms with Crippen molar-refractivity contribution in [2.24, 2.45) is 0 Å². The van der Waals surface area contributed by atoms with Crippen LogP contribution < -0.4 is 4.90 Å². The van der Waals surface area contributed by atoms with E-state index in [1.807, 2.05) is 11.3 Å². The van der Waals surface area contributed by atoms with E-state index in [0.717, 1.165) is 61.6 Å². The summed E-state index contributed by atoms with van der Waals surface area (Å²) in [6, 6.07) is 15.3. The first-order chi connectivity index (χ1) is 16.3. The molecule has 5 nitrogen and oxygen atoms in total. The quantitative estimate of drug-likeness (QED) is 0.376. The molecule has 34 heavy (non-hydrogen) atoms. The van der Waals surface area contributed by atoms with Gasteiger partial charge in [0.05, 0.1) is 21.9 Å². The van der Waals surface area contributed by atoms with Gasteiger partial charge in [0, 0.05) is 43.2 Å². The summed E-state index contributed by atoms with van der Waals surface area (Å²) in [6.45, 7) is 16.2. The topological polar surface area (TPSA) is 48.1 Å². The maximum absolute atomic E-state index is 5.04. The van der Waals surface area contributed by atoms with E-state index < -0.39 is 0 Å². The Morgan fingerprint density at radius 2 is 1.71 bits per heavy atom. The second-order valence-electron chi connectivity index (χ2n) is 10.3. The lowest BCUT2D eigenvalue weighted by Gasteiger charge is -2.36. The Balaban J connectivity index is 1.32. The molecule has 1 N–H and O–H groups in total. The standard InChI is InChI=1S/C28H35N5S/c1-6-25-29-19(2)24(34-25)18-32-14-16-33(17-15-32)23-9-7-8-22-26(23)31-27(30-22)20-10-12-21(13-11-20)28(3,4)5/h7-13H,6,14-18H2,1-5H3,(H,30,31). The second kappa shape index (κ2) is 9.16. The first kappa shape index (κ1) is 23.1. The Hall–Kier alpha value is -2.70. The fourth-order valence-corrected chi connectivity index (χ4v) is 5.72. The van der Waals surface area contributed by atoms with Crippen molar-refractivity contribution in [3.05, 3.63) is 63.6 Å². The summed E-state index contributed by atoms with van der Waals surface area (Å²) in [5.74, 6) is 0.939. The molecule has 1 aliphatic rings. The summed E-state index contributed by atoms with van der Waals surface area (Å²) in [6.07, 6.45) is 1.02. The summed E-state index contributed by atoms with van der Waals surface area (Å²) < 4.78 is 0. The number of aryl methyl sites for hydroxylation is 2. The van der Waals surface area contributed by atoms with Gasteiger partial charge >= 0.3 is 0 Å². The molecule has 0 bridgehead atoms. The largest absolute Gasteiger partial charge is 0.367 e. The van der Waals surface area contributed by atoms with Gasteiger partial charge in [-0.1, -0.05) is 58.0 Å². The Morgan fingerprint density at radius 1 is 0.971 bits per heavy atom. The summed E-state index contributed by atoms with van der Waals surface area (Å²) in [4.78, 5) is 19.8. The number of thiazole rings is 1. The predicted octanol–water partition coefficient (Wildman–Crippen LogP) is 6.18. The van der Waals surface area contributed by atoms with Gasteiger partial charge in [0.15, 0.2) is 0 Å². The number of hydrogen-bond acceptors (Lipinski definition) is 5. The Bertz CT molecular complexity index is 1270. The zero-order valence-corrected chi connectivity index (χ0v) is 21.8. The Morgan fingerprint density at radius 3 is 2.35 bits per heavy atom. The number of para-hydroxylation sites is 1. The summed E-state index contributed by atoms with van der Waals surface area (Å²) in [5.41, 5.74) is 7.22. The molecular formula is C28H35N5S. The van der Waals surface area contributed by atoms with Crippen LogP contribution in [-0.4, -0.2) is 46.0 Å². The summed E-state index contributed by atoms with van der Waals surface area (Å²) >= 11 is 1.87. The van der Waals surface area contributed by atoms with E-state index in [0.29, 0.717) is 0 Å². The number of nitrogens with zero attached hydrogens (tertiary/aromatic N) is 4. The van der Waals surface area contributed by atoms with E-state index >= 15 is 0 Å². The molecule has 1 saturated heterocycles. The Kier molecular flexibility index (Phi) is 6.21. The van der Waals surface area contributed by atoms with Crippen LogP contribution in [0.2, 0.25) is 0 Å². The van der Waals surface area contributed by atoms with Crippen molar-refractivity contribution in [2.45, 2.75) is 53.0 Å². The SMILES string of the molecule is CCc1nc(C)c(CN2CCN(c3cccc4[nH]c(-c5ccc(C(C)(C)C)cc5)nc34)CC2)s1. The van der Waals surface area contributed by atoms with Crippen LogP contribution in [0.4, 0.5) is 5.69 Å². The van der Waals surface area contributed by atoms with E-state index in [9.17, 15) is 0 Å². The number of benzene rings is 2. The van der Waals surface area contributed by atoms with Gasteiger partial charge in [0.25, 0.3) is 0 Å². The van der Waals surface area contributed by atoms with Gasteiger partial charge in [0.2, 0.25) is 0 Å². The molecule has 0 atom stereocenters. The molecule has 0 amide bonds. The van der Waals surface area contributed by atoms with Crippen molar-refractivity contribution in [3.63, 3.8) is 0 Å². The first-order valence-electron chi connectivity index (χ1n) is 12.3. The molecule has 6 heteroatoms. The van der Waals surface area contributed by atoms with Gasteiger partial charge in [-0.05, 0) is 36.5 Å². The van der Waals surface area contributed by atoms with Crippen molar-refractivity contribution in [2.75, 3.05) is 31.1 Å². The van der Waals surface area contributed by atoms with E-state index in [1.54, 1.807) is 0 Å². The molecule has 0 radical (unpaired) electrons. The number of anilines is 1. The fraction of sp³-hybridized carbons (Fsp3) is 0.429. The lowest BCUT2D eigenvalue weighted by atomic mass is 9.87. The van der Waals surface area contributed by atoms with Crippen molar-refractivity contribution in [3.8, 4) is 11.4 Å². The van der Waals surface area contributed by atoms with Crippen LogP contribution in [0.15, 0.2) is 42.5 Å². The molecule has 1 aliphatic heterocycles. The molecule has 0 unspecified atom stereocenters. The zero-order chi connectivity index (χ0) is 23.9. The number of nitrogens with one attached hydrogen (secondary N) is 1. The maximum Gasteiger partial charge on any atom is 0.138 e. The van der Waals surface area contributed by atoms with Gasteiger partial charge in [-0.25, -0.2) is 9.97 Å². The highest BCUT2D eigenvalue weighted by molar-refractivity contribution is 7.11. The van der Waals surface area contributed by atoms with E-state index in [1.165, 1.54) is 26.8 Å². The number of H-pyrrole nitrogens is 1. The molecular weight excluding hydrogens is 438 g/mol. The van der Waals surface area contributed by atoms with E-state index in [4.69, 9.17) is 9.97 Å². The van der Waals surface area contributed by atoms with Crippen molar-refractivity contribution in [1.29, 1.82) is 0 Å². The smallest absolute Gasteiger partial charge is 0.138 e. The highest BCUT2D eigenvalue weighted by Crippen LogP contribution is 2.31. The normalized spacial score (nSPS) is 15.4. The van der Waals surface area contributed by atoms with E-state index in [-0.39, 0.29) is 5.41 Å². The van der Waals surface area contributed by atoms with E-state index in [2.05, 4.69) is 91.9 Å². The summed E-state index contributed by atoms with van der Waals surface area (Å²) in [7, 11) is 0. The molecule has 1 fully saturated rings. The number of piperazine rings is 1. The molecule has 0 spiro atoms. The third kappa shape index (κ3) is 4.62. The molecule has 0 saturated carbocycles. The van der Waals surface area contributed by atoms with Crippen LogP contribution in [0.3, 0.4) is 0 Å². The lowest BCUT2D eigenvalue weighted by molar-refractivity contribution is 0.251. The third-order valence-electron chi connectivity index (χ3n) is 6.84. The van der Waals surface area contributed by atoms with Gasteiger partial charge in [-0.15, -0.1) is 11.3 Å². The lowest BCUT2D eigenvalue weighted by Crippen LogP contribution is -2.46. The van der Waals surface area contributed by atoms with Crippen molar-refractivity contribution < 1.29 is 0 Å². The van der Waals surface area contributed by atoms with Gasteiger partial charge in [0.1, 0.15) is 11.3 Å². The number of imidazole rings is 1. The second-order valence-corrected chi connectivity index (χ2v) is 11.5. The van der Waals surface area contributed by atoms with Crippen LogP contribution >= 0.6 is 11.3 Å². The number of hydrogen-bond donors (Lipinski definition) is 1. The number of aromatic nitrogens is 3. The predicted molar refractivity (Wildman–Crippen MR) is 144 cm³/mol. The van der Waals surface area contributed by atoms with Gasteiger partial charge in [-0.3, -0.25) is 4.90 Å². The number of fused-ring (bicyclic) bond motifs is 1. The minimum absolute atomic E-state index is 0.152. The molecule has 178 valence electrons. The molecule has 3 heterocycles. The average Bonchev–Trinajstić information content (AvgIpc) is 3.42. The highest BCUT2D eigenvalue weighted by Gasteiger charge is 2.22.